The smallest absolute Gasteiger partial charge is 0.383 e. The number of aromatic nitrogens is 5. The quantitative estimate of drug-likeness (QED) is 0.234. The molecule has 2 aromatic carbocycles. The summed E-state index contributed by atoms with van der Waals surface area (Å²) in [5.74, 6) is -0.146. The van der Waals surface area contributed by atoms with Gasteiger partial charge in [0, 0.05) is 23.4 Å². The van der Waals surface area contributed by atoms with E-state index in [1.54, 1.807) is 50.2 Å². The number of nitrogen functional groups attached to an aromatic ring is 1. The lowest BCUT2D eigenvalue weighted by Gasteiger charge is -2.16. The molecule has 10 nitrogen and oxygen atoms in total. The molecule has 0 spiro atoms. The minimum absolute atomic E-state index is 0.0199. The van der Waals surface area contributed by atoms with Gasteiger partial charge in [-0.25, -0.2) is 10.1 Å². The Morgan fingerprint density at radius 1 is 1.21 bits per heavy atom. The minimum Gasteiger partial charge on any atom is -0.383 e. The third-order valence-electron chi connectivity index (χ3n) is 6.15. The molecule has 196 valence electrons. The topological polar surface area (TPSA) is 136 Å². The van der Waals surface area contributed by atoms with Crippen molar-refractivity contribution in [2.45, 2.75) is 38.3 Å². The van der Waals surface area contributed by atoms with Crippen LogP contribution in [0, 0.1) is 0 Å². The average molecular weight is 544 g/mol. The van der Waals surface area contributed by atoms with E-state index in [0.29, 0.717) is 27.8 Å². The van der Waals surface area contributed by atoms with E-state index in [-0.39, 0.29) is 34.2 Å². The second-order valence-electron chi connectivity index (χ2n) is 9.17. The maximum Gasteiger partial charge on any atom is 0.389 e. The highest BCUT2D eigenvalue weighted by Crippen LogP contribution is 2.39. The average Bonchev–Trinajstić information content (AvgIpc) is 3.36. The van der Waals surface area contributed by atoms with Gasteiger partial charge in [0.1, 0.15) is 17.2 Å². The fourth-order valence-corrected chi connectivity index (χ4v) is 4.38. The Bertz CT molecular complexity index is 1600. The van der Waals surface area contributed by atoms with Gasteiger partial charge in [0.05, 0.1) is 27.9 Å². The molecule has 0 saturated carbocycles. The lowest BCUT2D eigenvalue weighted by Crippen LogP contribution is -2.27. The Balaban J connectivity index is 1.58. The second kappa shape index (κ2) is 9.24. The normalized spacial score (nSPS) is 15.0. The molecule has 2 aromatic heterocycles. The van der Waals surface area contributed by atoms with Crippen LogP contribution in [0.1, 0.15) is 37.8 Å². The molecule has 4 N–H and O–H groups in total. The number of halogens is 4. The molecule has 1 amide bonds. The predicted molar refractivity (Wildman–Crippen MR) is 137 cm³/mol. The summed E-state index contributed by atoms with van der Waals surface area (Å²) in [6, 6.07) is 11.9. The van der Waals surface area contributed by atoms with Gasteiger partial charge in [-0.15, -0.1) is 5.10 Å². The summed E-state index contributed by atoms with van der Waals surface area (Å²) >= 11 is 6.25. The van der Waals surface area contributed by atoms with Crippen molar-refractivity contribution >= 4 is 51.8 Å². The van der Waals surface area contributed by atoms with Crippen molar-refractivity contribution in [3.05, 3.63) is 58.6 Å². The van der Waals surface area contributed by atoms with E-state index < -0.39 is 24.4 Å². The second-order valence-corrected chi connectivity index (χ2v) is 9.61. The Morgan fingerprint density at radius 2 is 1.97 bits per heavy atom. The molecule has 14 heteroatoms. The highest BCUT2D eigenvalue weighted by Gasteiger charge is 2.42. The largest absolute Gasteiger partial charge is 0.389 e. The molecule has 0 aliphatic carbocycles. The number of nitrogens with one attached hydrogen (secondary N) is 2. The number of para-hydroxylation sites is 1. The highest BCUT2D eigenvalue weighted by molar-refractivity contribution is 6.31. The van der Waals surface area contributed by atoms with Crippen molar-refractivity contribution in [1.29, 1.82) is 0 Å². The van der Waals surface area contributed by atoms with Crippen LogP contribution < -0.4 is 16.5 Å². The number of rotatable bonds is 6. The Kier molecular flexibility index (Phi) is 6.18. The van der Waals surface area contributed by atoms with Gasteiger partial charge < -0.3 is 11.1 Å². The molecule has 1 aliphatic heterocycles. The van der Waals surface area contributed by atoms with Crippen LogP contribution in [-0.4, -0.2) is 42.8 Å². The summed E-state index contributed by atoms with van der Waals surface area (Å²) in [6.45, 7) is 3.37. The molecular formula is C24H21ClF3N9O. The zero-order valence-corrected chi connectivity index (χ0v) is 20.9. The molecule has 0 radical (unpaired) electrons. The van der Waals surface area contributed by atoms with Crippen molar-refractivity contribution in [1.82, 2.24) is 25.0 Å². The molecule has 5 rings (SSSR count). The van der Waals surface area contributed by atoms with Gasteiger partial charge in [-0.2, -0.15) is 28.2 Å². The molecule has 0 unspecified atom stereocenters. The Morgan fingerprint density at radius 3 is 2.74 bits per heavy atom. The fraction of sp³-hybridized carbons (Fsp3) is 0.250. The standard InChI is InChI=1S/C24H21ClF3N9O/c1-23(2)18-19(29)30-22(32-20(18)31-21(23)38)35-33-14(9-10-24(26,27)28)13-11-12(25)7-8-16(13)37-17-6-4-3-5-15(17)34-36-37/h3-8,11H,9-10H2,1-2H3,(H4,29,30,31,32,35,38)/b33-14+. The van der Waals surface area contributed by atoms with Crippen LogP contribution >= 0.6 is 11.6 Å². The van der Waals surface area contributed by atoms with Gasteiger partial charge >= 0.3 is 6.18 Å². The molecule has 0 fully saturated rings. The molecular weight excluding hydrogens is 523 g/mol. The number of benzene rings is 2. The number of hydrogen-bond donors (Lipinski definition) is 3. The van der Waals surface area contributed by atoms with Gasteiger partial charge in [0.15, 0.2) is 0 Å². The van der Waals surface area contributed by atoms with E-state index in [1.807, 2.05) is 0 Å². The molecule has 3 heterocycles. The first kappa shape index (κ1) is 25.4. The number of alkyl halides is 3. The van der Waals surface area contributed by atoms with Crippen LogP contribution in [0.2, 0.25) is 5.02 Å². The third-order valence-corrected chi connectivity index (χ3v) is 6.38. The summed E-state index contributed by atoms with van der Waals surface area (Å²) < 4.78 is 41.3. The van der Waals surface area contributed by atoms with Gasteiger partial charge in [-0.3, -0.25) is 4.79 Å². The molecule has 38 heavy (non-hydrogen) atoms. The number of hydrazone groups is 1. The van der Waals surface area contributed by atoms with E-state index in [0.717, 1.165) is 0 Å². The summed E-state index contributed by atoms with van der Waals surface area (Å²) in [4.78, 5) is 20.7. The minimum atomic E-state index is -4.44. The van der Waals surface area contributed by atoms with Crippen LogP contribution in [0.3, 0.4) is 0 Å². The number of fused-ring (bicyclic) bond motifs is 2. The summed E-state index contributed by atoms with van der Waals surface area (Å²) in [7, 11) is 0. The zero-order chi connectivity index (χ0) is 27.2. The summed E-state index contributed by atoms with van der Waals surface area (Å²) in [5.41, 5.74) is 10.2. The van der Waals surface area contributed by atoms with Gasteiger partial charge in [-0.1, -0.05) is 28.9 Å². The molecule has 4 aromatic rings. The van der Waals surface area contributed by atoms with Crippen molar-refractivity contribution in [2.75, 3.05) is 16.5 Å². The highest BCUT2D eigenvalue weighted by atomic mass is 35.5. The van der Waals surface area contributed by atoms with Crippen LogP contribution in [0.15, 0.2) is 47.6 Å². The van der Waals surface area contributed by atoms with E-state index in [9.17, 15) is 18.0 Å². The van der Waals surface area contributed by atoms with Crippen molar-refractivity contribution in [2.24, 2.45) is 5.10 Å². The number of nitrogens with two attached hydrogens (primary N) is 1. The zero-order valence-electron chi connectivity index (χ0n) is 20.1. The van der Waals surface area contributed by atoms with Crippen LogP contribution in [0.5, 0.6) is 0 Å². The Labute approximate surface area is 219 Å². The first-order valence-corrected chi connectivity index (χ1v) is 11.8. The molecule has 1 aliphatic rings. The number of anilines is 3. The summed E-state index contributed by atoms with van der Waals surface area (Å²) in [5, 5.41) is 15.5. The number of hydrogen-bond acceptors (Lipinski definition) is 8. The van der Waals surface area contributed by atoms with Crippen molar-refractivity contribution in [3.8, 4) is 5.69 Å². The molecule has 0 saturated heterocycles. The van der Waals surface area contributed by atoms with E-state index in [2.05, 4.69) is 36.1 Å². The predicted octanol–water partition coefficient (Wildman–Crippen LogP) is 4.83. The third kappa shape index (κ3) is 4.72. The van der Waals surface area contributed by atoms with Crippen LogP contribution in [0.4, 0.5) is 30.8 Å². The lowest BCUT2D eigenvalue weighted by molar-refractivity contribution is -0.132. The fourth-order valence-electron chi connectivity index (χ4n) is 4.21. The molecule has 0 bridgehead atoms. The number of carbonyl (C=O) groups is 1. The maximum absolute atomic E-state index is 13.3. The SMILES string of the molecule is CC1(C)C(=O)Nc2nc(N/N=C(\CCC(F)(F)F)c3cc(Cl)ccc3-n3nnc4ccccc43)nc(N)c21. The lowest BCUT2D eigenvalue weighted by atomic mass is 9.87. The monoisotopic (exact) mass is 543 g/mol. The van der Waals surface area contributed by atoms with E-state index >= 15 is 0 Å². The van der Waals surface area contributed by atoms with Crippen molar-refractivity contribution in [3.63, 3.8) is 0 Å². The molecule has 0 atom stereocenters. The van der Waals surface area contributed by atoms with E-state index in [4.69, 9.17) is 17.3 Å². The van der Waals surface area contributed by atoms with Crippen molar-refractivity contribution < 1.29 is 18.0 Å². The number of nitrogens with zero attached hydrogens (tertiary/aromatic N) is 6. The summed E-state index contributed by atoms with van der Waals surface area (Å²) in [6.07, 6.45) is -6.07. The van der Waals surface area contributed by atoms with Gasteiger partial charge in [-0.05, 0) is 44.2 Å². The van der Waals surface area contributed by atoms with E-state index in [1.165, 1.54) is 10.7 Å². The number of amides is 1. The van der Waals surface area contributed by atoms with Gasteiger partial charge in [0.25, 0.3) is 0 Å². The first-order valence-electron chi connectivity index (χ1n) is 11.4. The van der Waals surface area contributed by atoms with Gasteiger partial charge in [0.2, 0.25) is 11.9 Å². The first-order chi connectivity index (χ1) is 17.9. The number of carbonyl (C=O) groups excluding carboxylic acids is 1. The Hall–Kier alpha value is -4.26. The maximum atomic E-state index is 13.3. The van der Waals surface area contributed by atoms with Crippen LogP contribution in [-0.2, 0) is 10.2 Å². The van der Waals surface area contributed by atoms with Crippen LogP contribution in [0.25, 0.3) is 16.7 Å².